The maximum absolute atomic E-state index is 9.05. The molecule has 19 heavy (non-hydrogen) atoms. The lowest BCUT2D eigenvalue weighted by atomic mass is 10.1. The van der Waals surface area contributed by atoms with E-state index in [1.807, 2.05) is 48.5 Å². The lowest BCUT2D eigenvalue weighted by Gasteiger charge is -1.95. The smallest absolute Gasteiger partial charge is 0.330 e. The highest BCUT2D eigenvalue weighted by molar-refractivity contribution is 6.21. The van der Waals surface area contributed by atoms with E-state index in [1.165, 1.54) is 6.92 Å². The van der Waals surface area contributed by atoms with Gasteiger partial charge in [0.1, 0.15) is 0 Å². The van der Waals surface area contributed by atoms with Gasteiger partial charge in [-0.05, 0) is 23.3 Å². The molecule has 0 atom stereocenters. The molecule has 0 spiro atoms. The van der Waals surface area contributed by atoms with Crippen LogP contribution in [0.5, 0.6) is 0 Å². The third-order valence-corrected chi connectivity index (χ3v) is 2.75. The molecule has 3 nitrogen and oxygen atoms in total. The maximum atomic E-state index is 9.05. The van der Waals surface area contributed by atoms with Gasteiger partial charge in [-0.25, -0.2) is 0 Å². The minimum atomic E-state index is 0. The topological polar surface area (TPSA) is 60.2 Å². The van der Waals surface area contributed by atoms with Gasteiger partial charge in [-0.1, -0.05) is 43.8 Å². The summed E-state index contributed by atoms with van der Waals surface area (Å²) < 4.78 is 0. The first-order chi connectivity index (χ1) is 8.83. The van der Waals surface area contributed by atoms with Crippen LogP contribution in [0.3, 0.4) is 0 Å². The molecule has 1 aliphatic carbocycles. The van der Waals surface area contributed by atoms with Gasteiger partial charge in [-0.3, -0.25) is 0 Å². The molecule has 2 aromatic carbocycles. The van der Waals surface area contributed by atoms with E-state index in [2.05, 4.69) is 4.79 Å². The van der Waals surface area contributed by atoms with Crippen LogP contribution in [0.4, 0.5) is 0 Å². The zero-order chi connectivity index (χ0) is 13.0. The average Bonchev–Trinajstić information content (AvgIpc) is 2.73. The number of nitrogens with zero attached hydrogens (tertiary/aromatic N) is 3. The van der Waals surface area contributed by atoms with E-state index >= 15 is 0 Å². The first-order valence-electron chi connectivity index (χ1n) is 5.55. The Balaban J connectivity index is 0.000000416. The molecule has 0 saturated heterocycles. The summed E-state index contributed by atoms with van der Waals surface area (Å²) in [5, 5.41) is 7.32. The molecule has 0 fully saturated rings. The number of nitriles is 1. The monoisotopic (exact) mass is 249 g/mol. The lowest BCUT2D eigenvalue weighted by Crippen LogP contribution is -1.98. The van der Waals surface area contributed by atoms with Crippen molar-refractivity contribution in [2.45, 2.75) is 14.4 Å². The second-order valence-corrected chi connectivity index (χ2v) is 3.76. The quantitative estimate of drug-likeness (QED) is 0.440. The molecule has 3 heteroatoms. The molecule has 0 saturated carbocycles. The van der Waals surface area contributed by atoms with Gasteiger partial charge in [0.2, 0.25) is 0 Å². The van der Waals surface area contributed by atoms with E-state index in [-0.39, 0.29) is 7.43 Å². The van der Waals surface area contributed by atoms with Crippen molar-refractivity contribution >= 4 is 5.71 Å². The van der Waals surface area contributed by atoms with Crippen molar-refractivity contribution in [3.63, 3.8) is 0 Å². The zero-order valence-corrected chi connectivity index (χ0v) is 9.96. The van der Waals surface area contributed by atoms with Gasteiger partial charge in [-0.15, -0.1) is 0 Å². The summed E-state index contributed by atoms with van der Waals surface area (Å²) in [6.07, 6.45) is 0. The molecular weight excluding hydrogens is 234 g/mol. The Morgan fingerprint density at radius 2 is 1.21 bits per heavy atom. The molecule has 0 aliphatic heterocycles. The number of benzene rings is 2. The molecule has 0 heterocycles. The van der Waals surface area contributed by atoms with Crippen molar-refractivity contribution in [2.24, 2.45) is 0 Å². The largest absolute Gasteiger partial charge is 0.361 e. The normalized spacial score (nSPS) is 9.79. The number of hydrogen-bond donors (Lipinski definition) is 0. The van der Waals surface area contributed by atoms with Crippen molar-refractivity contribution in [3.05, 3.63) is 65.2 Å². The number of fused-ring (bicyclic) bond motifs is 3. The van der Waals surface area contributed by atoms with Crippen LogP contribution >= 0.6 is 0 Å². The third kappa shape index (κ3) is 2.44. The second kappa shape index (κ2) is 6.30. The van der Waals surface area contributed by atoms with Gasteiger partial charge in [0.15, 0.2) is 0 Å². The van der Waals surface area contributed by atoms with Crippen LogP contribution < -0.4 is 0 Å². The van der Waals surface area contributed by atoms with Crippen molar-refractivity contribution in [1.82, 2.24) is 0 Å². The highest BCUT2D eigenvalue weighted by atomic mass is 14.9. The molecule has 0 N–H and O–H groups in total. The van der Waals surface area contributed by atoms with E-state index in [9.17, 15) is 0 Å². The van der Waals surface area contributed by atoms with Crippen LogP contribution in [0.2, 0.25) is 0 Å². The molecule has 1 aliphatic rings. The molecular formula is C16H15N3. The molecule has 2 aromatic rings. The van der Waals surface area contributed by atoms with Crippen LogP contribution in [0.1, 0.15) is 25.5 Å². The van der Waals surface area contributed by atoms with Crippen molar-refractivity contribution in [2.75, 3.05) is 0 Å². The molecule has 94 valence electrons. The zero-order valence-electron chi connectivity index (χ0n) is 9.96. The first-order valence-corrected chi connectivity index (χ1v) is 5.55. The standard InChI is InChI=1S/C13H8N2.C2H3N.CH4/c14-15-13-11-7-3-1-5-9(11)10-6-2-4-8-12(10)13;1-2-3;/h1-8H;1H3;1H4. The van der Waals surface area contributed by atoms with Crippen LogP contribution in [-0.2, 0) is 0 Å². The van der Waals surface area contributed by atoms with Crippen LogP contribution in [0.25, 0.3) is 16.7 Å². The van der Waals surface area contributed by atoms with E-state index in [0.29, 0.717) is 5.71 Å². The van der Waals surface area contributed by atoms with Gasteiger partial charge >= 0.3 is 5.71 Å². The minimum absolute atomic E-state index is 0. The first kappa shape index (κ1) is 14.4. The fraction of sp³-hybridized carbons (Fsp3) is 0.125. The fourth-order valence-corrected chi connectivity index (χ4v) is 2.10. The predicted molar refractivity (Wildman–Crippen MR) is 76.7 cm³/mol. The summed E-state index contributed by atoms with van der Waals surface area (Å²) in [5.74, 6) is 0. The third-order valence-electron chi connectivity index (χ3n) is 2.75. The van der Waals surface area contributed by atoms with Crippen LogP contribution in [-0.4, -0.2) is 10.5 Å². The Labute approximate surface area is 113 Å². The summed E-state index contributed by atoms with van der Waals surface area (Å²) in [5.41, 5.74) is 14.0. The Bertz CT molecular complexity index is 627. The van der Waals surface area contributed by atoms with Crippen molar-refractivity contribution < 1.29 is 4.79 Å². The van der Waals surface area contributed by atoms with Gasteiger partial charge < -0.3 is 5.53 Å². The Hall–Kier alpha value is -2.69. The van der Waals surface area contributed by atoms with E-state index in [4.69, 9.17) is 10.8 Å². The van der Waals surface area contributed by atoms with E-state index < -0.39 is 0 Å². The van der Waals surface area contributed by atoms with Gasteiger partial charge in [0.05, 0.1) is 17.2 Å². The minimum Gasteiger partial charge on any atom is -0.361 e. The highest BCUT2D eigenvalue weighted by Gasteiger charge is 2.29. The van der Waals surface area contributed by atoms with Crippen molar-refractivity contribution in [3.8, 4) is 17.2 Å². The summed E-state index contributed by atoms with van der Waals surface area (Å²) in [6.45, 7) is 1.43. The van der Waals surface area contributed by atoms with Gasteiger partial charge in [0, 0.05) is 6.92 Å². The maximum Gasteiger partial charge on any atom is 0.330 e. The number of hydrogen-bond acceptors (Lipinski definition) is 1. The van der Waals surface area contributed by atoms with Gasteiger partial charge in [0.25, 0.3) is 0 Å². The predicted octanol–water partition coefficient (Wildman–Crippen LogP) is 3.90. The fourth-order valence-electron chi connectivity index (χ4n) is 2.10. The molecule has 0 aromatic heterocycles. The summed E-state index contributed by atoms with van der Waals surface area (Å²) in [6, 6.07) is 17.7. The van der Waals surface area contributed by atoms with Crippen LogP contribution in [0, 0.1) is 11.3 Å². The average molecular weight is 249 g/mol. The molecule has 0 radical (unpaired) electrons. The Morgan fingerprint density at radius 1 is 0.895 bits per heavy atom. The summed E-state index contributed by atoms with van der Waals surface area (Å²) in [4.78, 5) is 3.39. The molecule has 0 bridgehead atoms. The summed E-state index contributed by atoms with van der Waals surface area (Å²) >= 11 is 0. The van der Waals surface area contributed by atoms with E-state index in [0.717, 1.165) is 22.3 Å². The Kier molecular flexibility index (Phi) is 4.76. The van der Waals surface area contributed by atoms with Crippen LogP contribution in [0.15, 0.2) is 48.5 Å². The SMILES string of the molecule is C.CC#N.[N-]=[N+]=C1c2ccccc2-c2ccccc21. The number of rotatable bonds is 0. The molecule has 0 unspecified atom stereocenters. The van der Waals surface area contributed by atoms with Gasteiger partial charge in [-0.2, -0.15) is 10.1 Å². The Morgan fingerprint density at radius 3 is 1.53 bits per heavy atom. The second-order valence-electron chi connectivity index (χ2n) is 3.76. The van der Waals surface area contributed by atoms with Crippen molar-refractivity contribution in [1.29, 1.82) is 5.26 Å². The van der Waals surface area contributed by atoms with E-state index in [1.54, 1.807) is 6.07 Å². The summed E-state index contributed by atoms with van der Waals surface area (Å²) in [7, 11) is 0. The molecule has 3 rings (SSSR count). The highest BCUT2D eigenvalue weighted by Crippen LogP contribution is 2.35. The lowest BCUT2D eigenvalue weighted by molar-refractivity contribution is -0.00243. The molecule has 0 amide bonds.